The Morgan fingerprint density at radius 1 is 1.41 bits per heavy atom. The fourth-order valence-electron chi connectivity index (χ4n) is 1.48. The lowest BCUT2D eigenvalue weighted by molar-refractivity contribution is 0.294. The molecule has 1 aromatic heterocycles. The first-order chi connectivity index (χ1) is 8.16. The van der Waals surface area contributed by atoms with Crippen LogP contribution in [0.5, 0.6) is 11.6 Å². The van der Waals surface area contributed by atoms with Gasteiger partial charge in [-0.2, -0.15) is 0 Å². The maximum absolute atomic E-state index is 11.1. The minimum absolute atomic E-state index is 0.0286. The van der Waals surface area contributed by atoms with Gasteiger partial charge >= 0.3 is 4.87 Å². The highest BCUT2D eigenvalue weighted by Crippen LogP contribution is 2.26. The third-order valence-corrected chi connectivity index (χ3v) is 3.45. The summed E-state index contributed by atoms with van der Waals surface area (Å²) in [6, 6.07) is 9.44. The number of nitrogens with one attached hydrogen (secondary N) is 1. The lowest BCUT2D eigenvalue weighted by atomic mass is 10.1. The molecule has 1 unspecified atom stereocenters. The van der Waals surface area contributed by atoms with E-state index in [1.54, 1.807) is 0 Å². The first-order valence-corrected chi connectivity index (χ1v) is 6.08. The zero-order valence-electron chi connectivity index (χ0n) is 9.34. The van der Waals surface area contributed by atoms with E-state index in [0.29, 0.717) is 11.5 Å². The summed E-state index contributed by atoms with van der Waals surface area (Å²) < 4.78 is 5.57. The molecule has 1 aromatic carbocycles. The van der Waals surface area contributed by atoms with Crippen LogP contribution < -0.4 is 9.61 Å². The summed E-state index contributed by atoms with van der Waals surface area (Å²) in [6.07, 6.45) is 0. The van der Waals surface area contributed by atoms with Crippen molar-refractivity contribution >= 4 is 11.3 Å². The molecule has 2 aromatic rings. The van der Waals surface area contributed by atoms with E-state index in [1.807, 2.05) is 37.3 Å². The summed E-state index contributed by atoms with van der Waals surface area (Å²) in [5.41, 5.74) is 0. The van der Waals surface area contributed by atoms with E-state index in [4.69, 9.17) is 4.74 Å². The summed E-state index contributed by atoms with van der Waals surface area (Å²) >= 11 is 1.02. The number of benzene rings is 1. The third-order valence-electron chi connectivity index (χ3n) is 2.35. The predicted molar refractivity (Wildman–Crippen MR) is 67.0 cm³/mol. The number of para-hydroxylation sites is 1. The van der Waals surface area contributed by atoms with Crippen molar-refractivity contribution in [2.24, 2.45) is 0 Å². The Hall–Kier alpha value is -1.75. The van der Waals surface area contributed by atoms with Crippen LogP contribution in [0.25, 0.3) is 0 Å². The van der Waals surface area contributed by atoms with Crippen LogP contribution in [0.1, 0.15) is 17.7 Å². The largest absolute Gasteiger partial charge is 0.494 e. The normalized spacial score (nSPS) is 12.3. The van der Waals surface area contributed by atoms with Gasteiger partial charge in [0.05, 0.1) is 11.5 Å². The Morgan fingerprint density at radius 2 is 2.12 bits per heavy atom. The highest BCUT2D eigenvalue weighted by atomic mass is 32.1. The van der Waals surface area contributed by atoms with Crippen molar-refractivity contribution in [1.82, 2.24) is 4.98 Å². The number of aromatic nitrogens is 1. The van der Waals surface area contributed by atoms with Crippen LogP contribution in [-0.2, 0) is 0 Å². The van der Waals surface area contributed by atoms with Crippen molar-refractivity contribution in [3.05, 3.63) is 44.9 Å². The smallest absolute Gasteiger partial charge is 0.307 e. The van der Waals surface area contributed by atoms with E-state index in [-0.39, 0.29) is 16.7 Å². The standard InChI is InChI=1S/C12H13NO3S/c1-8(10-11(14)13-12(15)17-10)7-16-9-5-3-2-4-6-9/h2-6,8,14H,7H2,1H3,(H,13,15). The molecule has 0 bridgehead atoms. The van der Waals surface area contributed by atoms with Crippen molar-refractivity contribution in [1.29, 1.82) is 0 Å². The van der Waals surface area contributed by atoms with Crippen LogP contribution in [0.15, 0.2) is 35.1 Å². The summed E-state index contributed by atoms with van der Waals surface area (Å²) in [5.74, 6) is 0.699. The first-order valence-electron chi connectivity index (χ1n) is 5.26. The van der Waals surface area contributed by atoms with Gasteiger partial charge in [0, 0.05) is 5.92 Å². The zero-order valence-corrected chi connectivity index (χ0v) is 10.2. The molecule has 4 nitrogen and oxygen atoms in total. The highest BCUT2D eigenvalue weighted by molar-refractivity contribution is 7.09. The number of hydrogen-bond acceptors (Lipinski definition) is 4. The average molecular weight is 251 g/mol. The van der Waals surface area contributed by atoms with Gasteiger partial charge in [-0.25, -0.2) is 0 Å². The van der Waals surface area contributed by atoms with Gasteiger partial charge in [0.25, 0.3) is 0 Å². The minimum Gasteiger partial charge on any atom is -0.494 e. The SMILES string of the molecule is CC(COc1ccccc1)c1sc(=O)[nH]c1O. The fraction of sp³-hybridized carbons (Fsp3) is 0.250. The zero-order chi connectivity index (χ0) is 12.3. The molecule has 17 heavy (non-hydrogen) atoms. The molecule has 0 amide bonds. The number of thiazole rings is 1. The van der Waals surface area contributed by atoms with Gasteiger partial charge in [-0.05, 0) is 12.1 Å². The van der Waals surface area contributed by atoms with Gasteiger partial charge in [-0.15, -0.1) is 0 Å². The summed E-state index contributed by atoms with van der Waals surface area (Å²) in [7, 11) is 0. The Labute approximate surface area is 103 Å². The first kappa shape index (κ1) is 11.7. The number of aromatic amines is 1. The Morgan fingerprint density at radius 3 is 2.71 bits per heavy atom. The number of hydrogen-bond donors (Lipinski definition) is 2. The van der Waals surface area contributed by atoms with Crippen LogP contribution in [0, 0.1) is 0 Å². The molecule has 90 valence electrons. The van der Waals surface area contributed by atoms with Crippen LogP contribution in [0.2, 0.25) is 0 Å². The minimum atomic E-state index is -0.246. The molecule has 0 saturated heterocycles. The lowest BCUT2D eigenvalue weighted by Gasteiger charge is -2.11. The molecule has 0 aliphatic heterocycles. The van der Waals surface area contributed by atoms with E-state index < -0.39 is 0 Å². The molecule has 0 aliphatic rings. The van der Waals surface area contributed by atoms with Gasteiger partial charge < -0.3 is 9.84 Å². The second-order valence-electron chi connectivity index (χ2n) is 3.75. The van der Waals surface area contributed by atoms with Gasteiger partial charge in [0.2, 0.25) is 5.88 Å². The second-order valence-corrected chi connectivity index (χ2v) is 4.77. The van der Waals surface area contributed by atoms with E-state index >= 15 is 0 Å². The maximum atomic E-state index is 11.1. The molecule has 5 heteroatoms. The molecule has 0 fully saturated rings. The molecule has 2 N–H and O–H groups in total. The molecule has 2 rings (SSSR count). The van der Waals surface area contributed by atoms with Crippen molar-refractivity contribution in [2.45, 2.75) is 12.8 Å². The number of rotatable bonds is 4. The van der Waals surface area contributed by atoms with E-state index in [2.05, 4.69) is 4.98 Å². The van der Waals surface area contributed by atoms with Gasteiger partial charge in [-0.3, -0.25) is 9.78 Å². The highest BCUT2D eigenvalue weighted by Gasteiger charge is 2.15. The molecule has 1 heterocycles. The molecule has 0 radical (unpaired) electrons. The van der Waals surface area contributed by atoms with Crippen LogP contribution >= 0.6 is 11.3 Å². The van der Waals surface area contributed by atoms with Crippen LogP contribution in [0.3, 0.4) is 0 Å². The Kier molecular flexibility index (Phi) is 3.49. The molecule has 0 saturated carbocycles. The topological polar surface area (TPSA) is 62.3 Å². The van der Waals surface area contributed by atoms with Gasteiger partial charge in [0.1, 0.15) is 5.75 Å². The second kappa shape index (κ2) is 5.05. The maximum Gasteiger partial charge on any atom is 0.307 e. The lowest BCUT2D eigenvalue weighted by Crippen LogP contribution is -2.05. The average Bonchev–Trinajstić information content (AvgIpc) is 2.67. The van der Waals surface area contributed by atoms with E-state index in [9.17, 15) is 9.90 Å². The van der Waals surface area contributed by atoms with E-state index in [0.717, 1.165) is 17.1 Å². The number of aromatic hydroxyl groups is 1. The summed E-state index contributed by atoms with van der Waals surface area (Å²) in [5, 5.41) is 9.50. The Balaban J connectivity index is 2.00. The van der Waals surface area contributed by atoms with Crippen molar-refractivity contribution in [3.8, 4) is 11.6 Å². The van der Waals surface area contributed by atoms with Crippen molar-refractivity contribution in [2.75, 3.05) is 6.61 Å². The van der Waals surface area contributed by atoms with Gasteiger partial charge in [0.15, 0.2) is 0 Å². The van der Waals surface area contributed by atoms with Gasteiger partial charge in [-0.1, -0.05) is 36.5 Å². The molecule has 0 aliphatic carbocycles. The Bertz CT molecular complexity index is 532. The third kappa shape index (κ3) is 2.88. The monoisotopic (exact) mass is 251 g/mol. The number of ether oxygens (including phenoxy) is 1. The molecule has 1 atom stereocenters. The predicted octanol–water partition coefficient (Wildman–Crippen LogP) is 2.32. The molecular formula is C12H13NO3S. The quantitative estimate of drug-likeness (QED) is 0.876. The van der Waals surface area contributed by atoms with E-state index in [1.165, 1.54) is 0 Å². The van der Waals surface area contributed by atoms with Crippen LogP contribution in [-0.4, -0.2) is 16.7 Å². The van der Waals surface area contributed by atoms with Crippen molar-refractivity contribution in [3.63, 3.8) is 0 Å². The summed E-state index contributed by atoms with van der Waals surface area (Å²) in [6.45, 7) is 2.33. The summed E-state index contributed by atoms with van der Waals surface area (Å²) in [4.78, 5) is 13.8. The fourth-order valence-corrected chi connectivity index (χ4v) is 2.24. The number of H-pyrrole nitrogens is 1. The molecular weight excluding hydrogens is 238 g/mol. The van der Waals surface area contributed by atoms with Crippen molar-refractivity contribution < 1.29 is 9.84 Å². The van der Waals surface area contributed by atoms with Crippen LogP contribution in [0.4, 0.5) is 0 Å². The molecule has 0 spiro atoms.